The number of nitrogen functional groups attached to an aromatic ring is 1. The molecule has 0 bridgehead atoms. The van der Waals surface area contributed by atoms with E-state index in [9.17, 15) is 4.79 Å². The van der Waals surface area contributed by atoms with Crippen molar-refractivity contribution in [2.75, 3.05) is 18.9 Å². The first kappa shape index (κ1) is 11.1. The summed E-state index contributed by atoms with van der Waals surface area (Å²) in [6.07, 6.45) is 1.91. The average molecular weight is 219 g/mol. The van der Waals surface area contributed by atoms with Crippen LogP contribution in [0.1, 0.15) is 28.8 Å². The van der Waals surface area contributed by atoms with Gasteiger partial charge in [0.05, 0.1) is 6.61 Å². The summed E-state index contributed by atoms with van der Waals surface area (Å²) in [5, 5.41) is 0. The van der Waals surface area contributed by atoms with E-state index in [0.717, 1.165) is 30.6 Å². The number of hydrogen-bond acceptors (Lipinski definition) is 3. The van der Waals surface area contributed by atoms with Crippen molar-refractivity contribution in [2.24, 2.45) is 5.92 Å². The number of aryl methyl sites for hydroxylation is 1. The second-order valence-electron chi connectivity index (χ2n) is 4.35. The number of carbonyl (C=O) groups excluding carboxylic acids is 1. The Morgan fingerprint density at radius 1 is 1.50 bits per heavy atom. The number of benzene rings is 1. The maximum Gasteiger partial charge on any atom is 0.168 e. The van der Waals surface area contributed by atoms with Gasteiger partial charge in [0.2, 0.25) is 0 Å². The standard InChI is InChI=1S/C13H17NO2/c1-9-7-11(14)4-5-12(9)13(15)10-3-2-6-16-8-10/h4-5,7,10H,2-3,6,8,14H2,1H3. The van der Waals surface area contributed by atoms with E-state index in [1.165, 1.54) is 0 Å². The quantitative estimate of drug-likeness (QED) is 0.612. The molecule has 1 aliphatic heterocycles. The Balaban J connectivity index is 2.19. The molecule has 86 valence electrons. The Morgan fingerprint density at radius 3 is 2.94 bits per heavy atom. The van der Waals surface area contributed by atoms with Crippen molar-refractivity contribution >= 4 is 11.5 Å². The molecule has 1 unspecified atom stereocenters. The molecule has 1 aromatic rings. The van der Waals surface area contributed by atoms with Gasteiger partial charge in [-0.1, -0.05) is 0 Å². The van der Waals surface area contributed by atoms with Gasteiger partial charge in [0, 0.05) is 23.8 Å². The first-order valence-corrected chi connectivity index (χ1v) is 5.66. The number of Topliss-reactive ketones (excluding diaryl/α,β-unsaturated/α-hetero) is 1. The Bertz CT molecular complexity index is 395. The molecular weight excluding hydrogens is 202 g/mol. The Kier molecular flexibility index (Phi) is 3.25. The molecule has 1 aromatic carbocycles. The van der Waals surface area contributed by atoms with Crippen LogP contribution in [0, 0.1) is 12.8 Å². The molecule has 3 heteroatoms. The van der Waals surface area contributed by atoms with Gasteiger partial charge in [0.25, 0.3) is 0 Å². The van der Waals surface area contributed by atoms with Crippen molar-refractivity contribution in [3.05, 3.63) is 29.3 Å². The van der Waals surface area contributed by atoms with E-state index in [0.29, 0.717) is 12.3 Å². The van der Waals surface area contributed by atoms with Crippen molar-refractivity contribution in [2.45, 2.75) is 19.8 Å². The molecule has 2 rings (SSSR count). The van der Waals surface area contributed by atoms with E-state index in [-0.39, 0.29) is 11.7 Å². The molecule has 1 saturated heterocycles. The van der Waals surface area contributed by atoms with Crippen LogP contribution in [0.4, 0.5) is 5.69 Å². The molecule has 0 spiro atoms. The van der Waals surface area contributed by atoms with Crippen molar-refractivity contribution < 1.29 is 9.53 Å². The summed E-state index contributed by atoms with van der Waals surface area (Å²) in [6, 6.07) is 5.45. The van der Waals surface area contributed by atoms with Gasteiger partial charge in [-0.15, -0.1) is 0 Å². The van der Waals surface area contributed by atoms with E-state index in [1.807, 2.05) is 19.1 Å². The molecule has 0 saturated carbocycles. The number of hydrogen-bond donors (Lipinski definition) is 1. The third-order valence-corrected chi connectivity index (χ3v) is 3.05. The number of rotatable bonds is 2. The lowest BCUT2D eigenvalue weighted by Crippen LogP contribution is -2.25. The van der Waals surface area contributed by atoms with Gasteiger partial charge in [-0.25, -0.2) is 0 Å². The molecule has 2 N–H and O–H groups in total. The molecular formula is C13H17NO2. The second-order valence-corrected chi connectivity index (χ2v) is 4.35. The summed E-state index contributed by atoms with van der Waals surface area (Å²) in [4.78, 5) is 12.2. The van der Waals surface area contributed by atoms with E-state index >= 15 is 0 Å². The van der Waals surface area contributed by atoms with Crippen LogP contribution in [0.5, 0.6) is 0 Å². The van der Waals surface area contributed by atoms with Gasteiger partial charge in [0.15, 0.2) is 5.78 Å². The molecule has 1 heterocycles. The molecule has 0 aliphatic carbocycles. The predicted octanol–water partition coefficient (Wildman–Crippen LogP) is 2.19. The van der Waals surface area contributed by atoms with Crippen LogP contribution in [-0.4, -0.2) is 19.0 Å². The molecule has 0 aromatic heterocycles. The number of anilines is 1. The lowest BCUT2D eigenvalue weighted by atomic mass is 9.90. The van der Waals surface area contributed by atoms with Crippen LogP contribution in [0.25, 0.3) is 0 Å². The smallest absolute Gasteiger partial charge is 0.168 e. The molecule has 1 fully saturated rings. The minimum absolute atomic E-state index is 0.0241. The van der Waals surface area contributed by atoms with Crippen LogP contribution in [-0.2, 0) is 4.74 Å². The van der Waals surface area contributed by atoms with E-state index in [2.05, 4.69) is 0 Å². The topological polar surface area (TPSA) is 52.3 Å². The molecule has 3 nitrogen and oxygen atoms in total. The van der Waals surface area contributed by atoms with E-state index in [4.69, 9.17) is 10.5 Å². The fraction of sp³-hybridized carbons (Fsp3) is 0.462. The van der Waals surface area contributed by atoms with Gasteiger partial charge in [-0.3, -0.25) is 4.79 Å². The van der Waals surface area contributed by atoms with Crippen molar-refractivity contribution in [3.8, 4) is 0 Å². The SMILES string of the molecule is Cc1cc(N)ccc1C(=O)C1CCCOC1. The zero-order valence-electron chi connectivity index (χ0n) is 9.53. The highest BCUT2D eigenvalue weighted by molar-refractivity contribution is 5.99. The van der Waals surface area contributed by atoms with Crippen LogP contribution in [0.2, 0.25) is 0 Å². The maximum absolute atomic E-state index is 12.2. The Hall–Kier alpha value is -1.35. The predicted molar refractivity (Wildman–Crippen MR) is 63.5 cm³/mol. The highest BCUT2D eigenvalue weighted by Crippen LogP contribution is 2.22. The fourth-order valence-corrected chi connectivity index (χ4v) is 2.13. The van der Waals surface area contributed by atoms with Crippen LogP contribution in [0.3, 0.4) is 0 Å². The molecule has 0 radical (unpaired) electrons. The van der Waals surface area contributed by atoms with E-state index < -0.39 is 0 Å². The zero-order chi connectivity index (χ0) is 11.5. The van der Waals surface area contributed by atoms with Gasteiger partial charge < -0.3 is 10.5 Å². The average Bonchev–Trinajstić information content (AvgIpc) is 2.29. The fourth-order valence-electron chi connectivity index (χ4n) is 2.13. The third kappa shape index (κ3) is 2.25. The first-order chi connectivity index (χ1) is 7.68. The number of ether oxygens (including phenoxy) is 1. The van der Waals surface area contributed by atoms with Gasteiger partial charge in [-0.05, 0) is 43.5 Å². The molecule has 1 atom stereocenters. The summed E-state index contributed by atoms with van der Waals surface area (Å²) in [5.74, 6) is 0.216. The summed E-state index contributed by atoms with van der Waals surface area (Å²) < 4.78 is 5.34. The van der Waals surface area contributed by atoms with Crippen molar-refractivity contribution in [3.63, 3.8) is 0 Å². The summed E-state index contributed by atoms with van der Waals surface area (Å²) >= 11 is 0. The maximum atomic E-state index is 12.2. The van der Waals surface area contributed by atoms with Crippen LogP contribution >= 0.6 is 0 Å². The van der Waals surface area contributed by atoms with Crippen LogP contribution in [0.15, 0.2) is 18.2 Å². The molecule has 16 heavy (non-hydrogen) atoms. The van der Waals surface area contributed by atoms with Crippen LogP contribution < -0.4 is 5.73 Å². The summed E-state index contributed by atoms with van der Waals surface area (Å²) in [7, 11) is 0. The van der Waals surface area contributed by atoms with Gasteiger partial charge in [0.1, 0.15) is 0 Å². The van der Waals surface area contributed by atoms with Gasteiger partial charge >= 0.3 is 0 Å². The lowest BCUT2D eigenvalue weighted by molar-refractivity contribution is 0.0461. The van der Waals surface area contributed by atoms with Crippen molar-refractivity contribution in [1.82, 2.24) is 0 Å². The number of ketones is 1. The van der Waals surface area contributed by atoms with Crippen molar-refractivity contribution in [1.29, 1.82) is 0 Å². The number of carbonyl (C=O) groups is 1. The third-order valence-electron chi connectivity index (χ3n) is 3.05. The van der Waals surface area contributed by atoms with Gasteiger partial charge in [-0.2, -0.15) is 0 Å². The monoisotopic (exact) mass is 219 g/mol. The zero-order valence-corrected chi connectivity index (χ0v) is 9.53. The minimum atomic E-state index is 0.0241. The summed E-state index contributed by atoms with van der Waals surface area (Å²) in [6.45, 7) is 3.26. The Morgan fingerprint density at radius 2 is 2.31 bits per heavy atom. The van der Waals surface area contributed by atoms with E-state index in [1.54, 1.807) is 6.07 Å². The first-order valence-electron chi connectivity index (χ1n) is 5.66. The molecule has 0 amide bonds. The molecule has 1 aliphatic rings. The minimum Gasteiger partial charge on any atom is -0.399 e. The largest absolute Gasteiger partial charge is 0.399 e. The second kappa shape index (κ2) is 4.66. The lowest BCUT2D eigenvalue weighted by Gasteiger charge is -2.21. The number of nitrogens with two attached hydrogens (primary N) is 1. The highest BCUT2D eigenvalue weighted by Gasteiger charge is 2.23. The normalized spacial score (nSPS) is 20.7. The Labute approximate surface area is 95.6 Å². The highest BCUT2D eigenvalue weighted by atomic mass is 16.5. The summed E-state index contributed by atoms with van der Waals surface area (Å²) in [5.41, 5.74) is 8.11.